The van der Waals surface area contributed by atoms with Gasteiger partial charge < -0.3 is 9.47 Å². The number of benzene rings is 2. The summed E-state index contributed by atoms with van der Waals surface area (Å²) in [5, 5.41) is 0. The van der Waals surface area contributed by atoms with E-state index in [0.29, 0.717) is 16.9 Å². The Labute approximate surface area is 166 Å². The molecule has 0 spiro atoms. The van der Waals surface area contributed by atoms with Crippen LogP contribution in [0.1, 0.15) is 45.1 Å². The van der Waals surface area contributed by atoms with Crippen LogP contribution in [0.4, 0.5) is 0 Å². The molecule has 2 aromatic rings. The van der Waals surface area contributed by atoms with Gasteiger partial charge in [-0.2, -0.15) is 0 Å². The van der Waals surface area contributed by atoms with E-state index in [2.05, 4.69) is 22.5 Å². The number of halogens is 1. The summed E-state index contributed by atoms with van der Waals surface area (Å²) in [4.78, 5) is 24.6. The van der Waals surface area contributed by atoms with Crippen molar-refractivity contribution in [1.82, 2.24) is 0 Å². The number of rotatable bonds is 2. The highest BCUT2D eigenvalue weighted by atomic mass is 79.9. The monoisotopic (exact) mass is 426 g/mol. The summed E-state index contributed by atoms with van der Waals surface area (Å²) >= 11 is 3.36. The van der Waals surface area contributed by atoms with Gasteiger partial charge in [0.2, 0.25) is 0 Å². The number of esters is 2. The molecular weight excluding hydrogens is 408 g/mol. The van der Waals surface area contributed by atoms with Crippen molar-refractivity contribution in [2.45, 2.75) is 32.8 Å². The van der Waals surface area contributed by atoms with Crippen LogP contribution in [-0.4, -0.2) is 11.9 Å². The van der Waals surface area contributed by atoms with Crippen molar-refractivity contribution in [2.75, 3.05) is 0 Å². The number of carbonyl (C=O) groups is 2. The Balaban J connectivity index is 1.72. The zero-order valence-corrected chi connectivity index (χ0v) is 16.8. The second-order valence-corrected chi connectivity index (χ2v) is 8.02. The fraction of sp³-hybridized carbons (Fsp3) is 0.273. The van der Waals surface area contributed by atoms with E-state index < -0.39 is 5.97 Å². The van der Waals surface area contributed by atoms with Gasteiger partial charge in [0.1, 0.15) is 11.9 Å². The average molecular weight is 427 g/mol. The van der Waals surface area contributed by atoms with Crippen molar-refractivity contribution in [3.8, 4) is 5.75 Å². The number of ether oxygens (including phenoxy) is 2. The summed E-state index contributed by atoms with van der Waals surface area (Å²) in [5.41, 5.74) is 5.06. The Kier molecular flexibility index (Phi) is 4.42. The Morgan fingerprint density at radius 1 is 1.26 bits per heavy atom. The first kappa shape index (κ1) is 18.0. The fourth-order valence-corrected chi connectivity index (χ4v) is 4.29. The molecule has 0 amide bonds. The molecule has 0 saturated carbocycles. The molecule has 1 aliphatic heterocycles. The van der Waals surface area contributed by atoms with Gasteiger partial charge in [-0.05, 0) is 73.7 Å². The highest BCUT2D eigenvalue weighted by Crippen LogP contribution is 2.49. The quantitative estimate of drug-likeness (QED) is 0.385. The molecule has 2 aromatic carbocycles. The summed E-state index contributed by atoms with van der Waals surface area (Å²) < 4.78 is 12.2. The van der Waals surface area contributed by atoms with Gasteiger partial charge in [-0.1, -0.05) is 22.5 Å². The number of carbonyl (C=O) groups excluding carboxylic acids is 2. The highest BCUT2D eigenvalue weighted by Gasteiger charge is 2.44. The van der Waals surface area contributed by atoms with Crippen molar-refractivity contribution in [3.05, 3.63) is 74.8 Å². The van der Waals surface area contributed by atoms with Crippen LogP contribution in [0, 0.1) is 19.8 Å². The first-order valence-electron chi connectivity index (χ1n) is 8.87. The van der Waals surface area contributed by atoms with E-state index in [-0.39, 0.29) is 18.0 Å². The summed E-state index contributed by atoms with van der Waals surface area (Å²) in [7, 11) is 0. The van der Waals surface area contributed by atoms with Crippen LogP contribution in [0.15, 0.2) is 47.0 Å². The maximum Gasteiger partial charge on any atom is 0.343 e. The van der Waals surface area contributed by atoms with E-state index in [1.807, 2.05) is 19.9 Å². The van der Waals surface area contributed by atoms with Gasteiger partial charge in [0.15, 0.2) is 0 Å². The standard InChI is InChI=1S/C22H19BrO4/c1-11-10-18(26-22(25)14-4-6-15(23)7-5-14)13(3)19-16(11)8-9-17-12(2)21(24)27-20(17)19/h4-7,10,17,20H,2,8-9H2,1,3H3/t17-,20+/m0/s1. The first-order chi connectivity index (χ1) is 12.9. The molecule has 1 aliphatic carbocycles. The molecule has 0 N–H and O–H groups in total. The van der Waals surface area contributed by atoms with Gasteiger partial charge >= 0.3 is 11.9 Å². The van der Waals surface area contributed by atoms with Crippen LogP contribution in [0.3, 0.4) is 0 Å². The van der Waals surface area contributed by atoms with E-state index in [1.54, 1.807) is 24.3 Å². The fourth-order valence-electron chi connectivity index (χ4n) is 4.02. The lowest BCUT2D eigenvalue weighted by molar-refractivity contribution is -0.139. The van der Waals surface area contributed by atoms with Gasteiger partial charge in [0.05, 0.1) is 5.56 Å². The Morgan fingerprint density at radius 3 is 2.67 bits per heavy atom. The molecule has 2 atom stereocenters. The van der Waals surface area contributed by atoms with E-state index in [1.165, 1.54) is 5.56 Å². The molecule has 0 unspecified atom stereocenters. The summed E-state index contributed by atoms with van der Waals surface area (Å²) in [6.07, 6.45) is 1.37. The van der Waals surface area contributed by atoms with Gasteiger partial charge in [-0.15, -0.1) is 0 Å². The van der Waals surface area contributed by atoms with Crippen LogP contribution in [0.2, 0.25) is 0 Å². The SMILES string of the molecule is C=C1C(=O)O[C@H]2c3c(C)c(OC(=O)c4ccc(Br)cc4)cc(C)c3CC[C@@H]12. The topological polar surface area (TPSA) is 52.6 Å². The molecule has 5 heteroatoms. The Hall–Kier alpha value is -2.40. The second-order valence-electron chi connectivity index (χ2n) is 7.10. The number of aryl methyl sites for hydroxylation is 1. The second kappa shape index (κ2) is 6.64. The van der Waals surface area contributed by atoms with E-state index in [9.17, 15) is 9.59 Å². The molecule has 138 valence electrons. The predicted octanol–water partition coefficient (Wildman–Crippen LogP) is 5.00. The predicted molar refractivity (Wildman–Crippen MR) is 105 cm³/mol. The molecule has 0 aromatic heterocycles. The normalized spacial score (nSPS) is 20.7. The van der Waals surface area contributed by atoms with Crippen LogP contribution >= 0.6 is 15.9 Å². The molecule has 1 fully saturated rings. The molecule has 1 heterocycles. The molecular formula is C22H19BrO4. The third kappa shape index (κ3) is 3.00. The first-order valence-corrected chi connectivity index (χ1v) is 9.66. The van der Waals surface area contributed by atoms with Crippen molar-refractivity contribution in [1.29, 1.82) is 0 Å². The van der Waals surface area contributed by atoms with Gasteiger partial charge in [-0.3, -0.25) is 0 Å². The maximum absolute atomic E-state index is 12.6. The molecule has 27 heavy (non-hydrogen) atoms. The van der Waals surface area contributed by atoms with E-state index >= 15 is 0 Å². The largest absolute Gasteiger partial charge is 0.453 e. The molecule has 0 bridgehead atoms. The van der Waals surface area contributed by atoms with Crippen LogP contribution < -0.4 is 4.74 Å². The number of fused-ring (bicyclic) bond motifs is 3. The molecule has 1 saturated heterocycles. The van der Waals surface area contributed by atoms with Crippen molar-refractivity contribution in [2.24, 2.45) is 5.92 Å². The van der Waals surface area contributed by atoms with Crippen LogP contribution in [-0.2, 0) is 16.0 Å². The third-order valence-electron chi connectivity index (χ3n) is 5.50. The molecule has 0 radical (unpaired) electrons. The lowest BCUT2D eigenvalue weighted by atomic mass is 9.76. The van der Waals surface area contributed by atoms with Gasteiger partial charge in [-0.25, -0.2) is 9.59 Å². The number of hydrogen-bond acceptors (Lipinski definition) is 4. The van der Waals surface area contributed by atoms with Gasteiger partial charge in [0.25, 0.3) is 0 Å². The van der Waals surface area contributed by atoms with Gasteiger partial charge in [0, 0.05) is 21.5 Å². The lowest BCUT2D eigenvalue weighted by Gasteiger charge is -2.30. The zero-order chi connectivity index (χ0) is 19.3. The number of hydrogen-bond donors (Lipinski definition) is 0. The van der Waals surface area contributed by atoms with Crippen LogP contribution in [0.5, 0.6) is 5.75 Å². The third-order valence-corrected chi connectivity index (χ3v) is 6.03. The summed E-state index contributed by atoms with van der Waals surface area (Å²) in [6.45, 7) is 7.82. The van der Waals surface area contributed by atoms with Crippen molar-refractivity contribution in [3.63, 3.8) is 0 Å². The smallest absolute Gasteiger partial charge is 0.343 e. The summed E-state index contributed by atoms with van der Waals surface area (Å²) in [5.74, 6) is -0.230. The minimum atomic E-state index is -0.412. The minimum Gasteiger partial charge on any atom is -0.453 e. The average Bonchev–Trinajstić information content (AvgIpc) is 2.94. The minimum absolute atomic E-state index is 0.000486. The maximum atomic E-state index is 12.6. The van der Waals surface area contributed by atoms with E-state index in [0.717, 1.165) is 34.0 Å². The van der Waals surface area contributed by atoms with Crippen molar-refractivity contribution >= 4 is 27.9 Å². The molecule has 4 nitrogen and oxygen atoms in total. The lowest BCUT2D eigenvalue weighted by Crippen LogP contribution is -2.21. The Bertz CT molecular complexity index is 975. The Morgan fingerprint density at radius 2 is 1.96 bits per heavy atom. The molecule has 2 aliphatic rings. The van der Waals surface area contributed by atoms with Crippen molar-refractivity contribution < 1.29 is 19.1 Å². The molecule has 4 rings (SSSR count). The van der Waals surface area contributed by atoms with E-state index in [4.69, 9.17) is 9.47 Å². The van der Waals surface area contributed by atoms with Crippen LogP contribution in [0.25, 0.3) is 0 Å². The summed E-state index contributed by atoms with van der Waals surface area (Å²) in [6, 6.07) is 8.93. The highest BCUT2D eigenvalue weighted by molar-refractivity contribution is 9.10. The zero-order valence-electron chi connectivity index (χ0n) is 15.2.